The highest BCUT2D eigenvalue weighted by molar-refractivity contribution is 5.86. The Morgan fingerprint density at radius 2 is 0.899 bits per heavy atom. The van der Waals surface area contributed by atoms with Crippen LogP contribution in [0.25, 0.3) is 0 Å². The van der Waals surface area contributed by atoms with E-state index in [0.29, 0.717) is 31.6 Å². The van der Waals surface area contributed by atoms with E-state index in [-0.39, 0.29) is 66.5 Å². The van der Waals surface area contributed by atoms with E-state index in [4.69, 9.17) is 39.0 Å². The SMILES string of the molecule is C=C(C)C(=O)OCCOc1ccc(C(C)(C)c2ccccc2)cc1.CCC(C)(C)C(=O)O.CCC(C)(C)C(=O)OC.CCC(C)(C)C(=O)OCC(O)CO.CCC(C)C(=O)OCCOc1ccc(C(C)(C)c2ccccc2)cc1. The number of aliphatic hydroxyl groups excluding tert-OH is 2. The van der Waals surface area contributed by atoms with Crippen LogP contribution in [-0.4, -0.2) is 98.0 Å². The highest BCUT2D eigenvalue weighted by Crippen LogP contribution is 2.34. The predicted octanol–water partition coefficient (Wildman–Crippen LogP) is 12.9. The van der Waals surface area contributed by atoms with E-state index in [0.717, 1.165) is 24.3 Å². The highest BCUT2D eigenvalue weighted by atomic mass is 16.6. The van der Waals surface area contributed by atoms with Gasteiger partial charge in [-0.25, -0.2) is 4.79 Å². The molecule has 0 fully saturated rings. The van der Waals surface area contributed by atoms with Crippen LogP contribution in [0.5, 0.6) is 11.5 Å². The first-order chi connectivity index (χ1) is 36.8. The number of esters is 4. The third-order valence-corrected chi connectivity index (χ3v) is 13.8. The zero-order valence-corrected chi connectivity index (χ0v) is 50.7. The Balaban J connectivity index is 0.00000104. The third kappa shape index (κ3) is 26.8. The van der Waals surface area contributed by atoms with Crippen LogP contribution in [-0.2, 0) is 53.8 Å². The Kier molecular flexibility index (Phi) is 32.9. The van der Waals surface area contributed by atoms with Crippen molar-refractivity contribution in [1.82, 2.24) is 0 Å². The molecule has 0 aromatic heterocycles. The number of aliphatic hydroxyl groups is 2. The van der Waals surface area contributed by atoms with E-state index in [2.05, 4.69) is 112 Å². The molecule has 0 saturated carbocycles. The molecule has 0 bridgehead atoms. The fourth-order valence-electron chi connectivity index (χ4n) is 6.14. The number of hydrogen-bond donors (Lipinski definition) is 3. The number of benzene rings is 4. The topological polar surface area (TPSA) is 201 Å². The molecule has 4 aromatic carbocycles. The van der Waals surface area contributed by atoms with Crippen molar-refractivity contribution in [3.8, 4) is 11.5 Å². The van der Waals surface area contributed by atoms with Crippen LogP contribution in [0, 0.1) is 22.2 Å². The average Bonchev–Trinajstić information content (AvgIpc) is 3.45. The van der Waals surface area contributed by atoms with E-state index >= 15 is 0 Å². The summed E-state index contributed by atoms with van der Waals surface area (Å²) < 4.78 is 30.8. The lowest BCUT2D eigenvalue weighted by Gasteiger charge is -2.26. The fourth-order valence-corrected chi connectivity index (χ4v) is 6.14. The number of aliphatic carboxylic acids is 1. The predicted molar refractivity (Wildman–Crippen MR) is 313 cm³/mol. The summed E-state index contributed by atoms with van der Waals surface area (Å²) in [6, 6.07) is 37.0. The van der Waals surface area contributed by atoms with Gasteiger partial charge >= 0.3 is 29.8 Å². The Hall–Kier alpha value is -6.51. The standard InChI is InChI=1S/C22H28O3.C21H24O3.C9H18O4.C7H14O2.C6H12O2/c1-5-17(2)21(23)25-16-15-24-20-13-11-19(12-14-20)22(3,4)18-9-7-6-8-10-18;1-16(2)20(22)24-15-14-23-19-12-10-18(11-13-19)21(3,4)17-8-6-5-7-9-17;1-4-9(2,3)8(12)13-6-7(11)5-10;1-5-7(2,3)6(8)9-4;1-4-6(2,3)5(7)8/h6-14,17H,5,15-16H2,1-4H3;5-13H,1,14-15H2,2-4H3;7,10-11H,4-6H2,1-3H3;5H2,1-4H3;4H2,1-3H3,(H,7,8). The monoisotopic (exact) mass is 1100 g/mol. The maximum atomic E-state index is 11.6. The van der Waals surface area contributed by atoms with Crippen molar-refractivity contribution in [2.45, 2.75) is 153 Å². The van der Waals surface area contributed by atoms with E-state index in [9.17, 15) is 24.0 Å². The molecule has 14 nitrogen and oxygen atoms in total. The van der Waals surface area contributed by atoms with Crippen molar-refractivity contribution < 1.29 is 67.7 Å². The summed E-state index contributed by atoms with van der Waals surface area (Å²) in [6.07, 6.45) is 2.00. The molecular weight excluding hydrogens is 1000 g/mol. The summed E-state index contributed by atoms with van der Waals surface area (Å²) in [5.41, 5.74) is 3.88. The van der Waals surface area contributed by atoms with Crippen LogP contribution in [0.4, 0.5) is 0 Å². The summed E-state index contributed by atoms with van der Waals surface area (Å²) in [6.45, 7) is 35.0. The van der Waals surface area contributed by atoms with Crippen molar-refractivity contribution in [1.29, 1.82) is 0 Å². The van der Waals surface area contributed by atoms with E-state index in [1.165, 1.54) is 29.4 Å². The Bertz CT molecular complexity index is 2390. The van der Waals surface area contributed by atoms with Crippen LogP contribution in [0.1, 0.15) is 159 Å². The first kappa shape index (κ1) is 72.5. The molecule has 0 spiro atoms. The minimum atomic E-state index is -0.975. The quantitative estimate of drug-likeness (QED) is 0.0259. The zero-order chi connectivity index (χ0) is 60.6. The Labute approximate surface area is 473 Å². The van der Waals surface area contributed by atoms with Gasteiger partial charge in [0.1, 0.15) is 50.6 Å². The van der Waals surface area contributed by atoms with Crippen LogP contribution < -0.4 is 9.47 Å². The van der Waals surface area contributed by atoms with Crippen LogP contribution in [0.15, 0.2) is 121 Å². The molecule has 0 radical (unpaired) electrons. The maximum absolute atomic E-state index is 11.6. The molecular formula is C65H96O14. The molecule has 0 aliphatic rings. The van der Waals surface area contributed by atoms with Crippen LogP contribution in [0.2, 0.25) is 0 Å². The van der Waals surface area contributed by atoms with Gasteiger partial charge in [-0.15, -0.1) is 0 Å². The third-order valence-electron chi connectivity index (χ3n) is 13.8. The van der Waals surface area contributed by atoms with Crippen molar-refractivity contribution in [2.75, 3.05) is 46.8 Å². The normalized spacial score (nSPS) is 12.0. The molecule has 2 unspecified atom stereocenters. The molecule has 0 aliphatic heterocycles. The van der Waals surface area contributed by atoms with Gasteiger partial charge in [0.2, 0.25) is 0 Å². The van der Waals surface area contributed by atoms with Crippen molar-refractivity contribution >= 4 is 29.8 Å². The molecule has 3 N–H and O–H groups in total. The van der Waals surface area contributed by atoms with Gasteiger partial charge in [-0.2, -0.15) is 0 Å². The first-order valence-corrected chi connectivity index (χ1v) is 27.2. The minimum absolute atomic E-state index is 0.0560. The summed E-state index contributed by atoms with van der Waals surface area (Å²) in [5.74, 6) is -0.266. The summed E-state index contributed by atoms with van der Waals surface area (Å²) >= 11 is 0. The largest absolute Gasteiger partial charge is 0.490 e. The number of hydrogen-bond acceptors (Lipinski definition) is 13. The molecule has 0 heterocycles. The summed E-state index contributed by atoms with van der Waals surface area (Å²) in [7, 11) is 1.42. The van der Waals surface area contributed by atoms with Gasteiger partial charge in [-0.1, -0.05) is 154 Å². The maximum Gasteiger partial charge on any atom is 0.333 e. The van der Waals surface area contributed by atoms with Crippen molar-refractivity contribution in [3.63, 3.8) is 0 Å². The lowest BCUT2D eigenvalue weighted by atomic mass is 9.78. The Morgan fingerprint density at radius 1 is 0.532 bits per heavy atom. The second kappa shape index (κ2) is 35.9. The summed E-state index contributed by atoms with van der Waals surface area (Å²) in [5, 5.41) is 25.8. The second-order valence-electron chi connectivity index (χ2n) is 22.1. The second-order valence-corrected chi connectivity index (χ2v) is 22.1. The minimum Gasteiger partial charge on any atom is -0.490 e. The Morgan fingerprint density at radius 3 is 1.20 bits per heavy atom. The van der Waals surface area contributed by atoms with Gasteiger partial charge in [0.25, 0.3) is 0 Å². The number of rotatable bonds is 24. The molecule has 79 heavy (non-hydrogen) atoms. The smallest absolute Gasteiger partial charge is 0.333 e. The molecule has 0 saturated heterocycles. The first-order valence-electron chi connectivity index (χ1n) is 27.2. The molecule has 14 heteroatoms. The van der Waals surface area contributed by atoms with Gasteiger partial charge < -0.3 is 43.7 Å². The number of carboxylic acids is 1. The number of ether oxygens (including phenoxy) is 6. The molecule has 0 amide bonds. The van der Waals surface area contributed by atoms with Crippen molar-refractivity contribution in [3.05, 3.63) is 144 Å². The fraction of sp³-hybridized carbons (Fsp3) is 0.523. The van der Waals surface area contributed by atoms with Gasteiger partial charge in [-0.3, -0.25) is 19.2 Å². The van der Waals surface area contributed by atoms with Crippen molar-refractivity contribution in [2.24, 2.45) is 22.2 Å². The van der Waals surface area contributed by atoms with Gasteiger partial charge in [-0.05, 0) is 121 Å². The summed E-state index contributed by atoms with van der Waals surface area (Å²) in [4.78, 5) is 55.3. The molecule has 0 aliphatic carbocycles. The molecule has 2 atom stereocenters. The molecule has 440 valence electrons. The number of carboxylic acid groups (broad SMARTS) is 1. The van der Waals surface area contributed by atoms with E-state index in [1.54, 1.807) is 34.6 Å². The lowest BCUT2D eigenvalue weighted by molar-refractivity contribution is -0.157. The van der Waals surface area contributed by atoms with Gasteiger partial charge in [0.15, 0.2) is 0 Å². The number of carbonyl (C=O) groups is 5. The zero-order valence-electron chi connectivity index (χ0n) is 50.7. The lowest BCUT2D eigenvalue weighted by Crippen LogP contribution is -2.30. The van der Waals surface area contributed by atoms with E-state index < -0.39 is 28.9 Å². The van der Waals surface area contributed by atoms with E-state index in [1.807, 2.05) is 84.9 Å². The molecule has 4 rings (SSSR count). The average molecular weight is 1100 g/mol. The number of methoxy groups -OCH3 is 1. The van der Waals surface area contributed by atoms with Gasteiger partial charge in [0, 0.05) is 16.4 Å². The van der Waals surface area contributed by atoms with Crippen LogP contribution in [0.3, 0.4) is 0 Å². The highest BCUT2D eigenvalue weighted by Gasteiger charge is 2.28. The van der Waals surface area contributed by atoms with Crippen LogP contribution >= 0.6 is 0 Å². The number of carbonyl (C=O) groups excluding carboxylic acids is 4. The molecule has 4 aromatic rings. The van der Waals surface area contributed by atoms with Gasteiger partial charge in [0.05, 0.1) is 35.9 Å².